The average Bonchev–Trinajstić information content (AvgIpc) is 2.77. The Bertz CT molecular complexity index is 869. The second-order valence-corrected chi connectivity index (χ2v) is 4.53. The Labute approximate surface area is 117 Å². The zero-order valence-corrected chi connectivity index (χ0v) is 11.1. The normalized spacial score (nSPS) is 9.80. The van der Waals surface area contributed by atoms with E-state index in [9.17, 15) is 5.26 Å². The lowest BCUT2D eigenvalue weighted by Gasteiger charge is -1.95. The van der Waals surface area contributed by atoms with E-state index in [2.05, 4.69) is 17.9 Å². The summed E-state index contributed by atoms with van der Waals surface area (Å²) in [4.78, 5) is 0. The lowest BCUT2D eigenvalue weighted by atomic mass is 10.1. The molecule has 1 aromatic carbocycles. The van der Waals surface area contributed by atoms with E-state index in [0.717, 1.165) is 22.3 Å². The van der Waals surface area contributed by atoms with Crippen LogP contribution in [-0.2, 0) is 0 Å². The molecule has 0 saturated heterocycles. The second-order valence-electron chi connectivity index (χ2n) is 4.53. The van der Waals surface area contributed by atoms with Crippen molar-refractivity contribution in [3.63, 3.8) is 0 Å². The van der Waals surface area contributed by atoms with Gasteiger partial charge in [0, 0.05) is 17.3 Å². The van der Waals surface area contributed by atoms with Gasteiger partial charge in [-0.25, -0.2) is 0 Å². The standard InChI is InChI=1S/C18H12N2/c1-14-16(13-19)18-9-5-6-12-20(18)17(14)11-10-15-7-3-2-4-8-15/h2-9,12H,1H3. The molecule has 2 heteroatoms. The fraction of sp³-hybridized carbons (Fsp3) is 0.0556. The minimum atomic E-state index is 0.697. The Morgan fingerprint density at radius 2 is 1.70 bits per heavy atom. The van der Waals surface area contributed by atoms with Gasteiger partial charge in [-0.1, -0.05) is 30.2 Å². The molecule has 0 fully saturated rings. The third-order valence-electron chi connectivity index (χ3n) is 3.30. The van der Waals surface area contributed by atoms with Crippen LogP contribution in [0.2, 0.25) is 0 Å². The van der Waals surface area contributed by atoms with Crippen molar-refractivity contribution in [2.24, 2.45) is 0 Å². The highest BCUT2D eigenvalue weighted by molar-refractivity contribution is 5.69. The van der Waals surface area contributed by atoms with Gasteiger partial charge in [-0.05, 0) is 37.1 Å². The molecule has 0 saturated carbocycles. The SMILES string of the molecule is Cc1c(C#N)c2ccccn2c1C#Cc1ccccc1. The van der Waals surface area contributed by atoms with Crippen LogP contribution in [0, 0.1) is 30.1 Å². The predicted octanol–water partition coefficient (Wildman–Crippen LogP) is 3.52. The maximum Gasteiger partial charge on any atom is 0.102 e. The maximum atomic E-state index is 9.30. The molecule has 3 aromatic rings. The van der Waals surface area contributed by atoms with Crippen LogP contribution in [0.3, 0.4) is 0 Å². The van der Waals surface area contributed by atoms with Crippen LogP contribution in [0.1, 0.15) is 22.4 Å². The summed E-state index contributed by atoms with van der Waals surface area (Å²) >= 11 is 0. The van der Waals surface area contributed by atoms with Crippen molar-refractivity contribution in [1.82, 2.24) is 4.40 Å². The minimum Gasteiger partial charge on any atom is -0.308 e. The summed E-state index contributed by atoms with van der Waals surface area (Å²) < 4.78 is 1.98. The van der Waals surface area contributed by atoms with E-state index in [1.54, 1.807) is 0 Å². The summed E-state index contributed by atoms with van der Waals surface area (Å²) in [5.41, 5.74) is 4.38. The smallest absolute Gasteiger partial charge is 0.102 e. The molecule has 0 aliphatic rings. The molecule has 2 nitrogen and oxygen atoms in total. The summed E-state index contributed by atoms with van der Waals surface area (Å²) in [7, 11) is 0. The molecule has 0 aliphatic heterocycles. The Hall–Kier alpha value is -2.97. The third kappa shape index (κ3) is 1.94. The molecular weight excluding hydrogens is 244 g/mol. The fourth-order valence-electron chi connectivity index (χ4n) is 2.28. The van der Waals surface area contributed by atoms with Gasteiger partial charge in [0.05, 0.1) is 11.1 Å². The number of nitrogens with zero attached hydrogens (tertiary/aromatic N) is 2. The summed E-state index contributed by atoms with van der Waals surface area (Å²) in [5, 5.41) is 9.30. The van der Waals surface area contributed by atoms with Gasteiger partial charge in [0.2, 0.25) is 0 Å². The fourth-order valence-corrected chi connectivity index (χ4v) is 2.28. The van der Waals surface area contributed by atoms with Gasteiger partial charge in [0.25, 0.3) is 0 Å². The molecule has 0 bridgehead atoms. The predicted molar refractivity (Wildman–Crippen MR) is 79.3 cm³/mol. The molecule has 20 heavy (non-hydrogen) atoms. The van der Waals surface area contributed by atoms with Gasteiger partial charge in [0.1, 0.15) is 11.8 Å². The summed E-state index contributed by atoms with van der Waals surface area (Å²) in [5.74, 6) is 6.34. The number of hydrogen-bond donors (Lipinski definition) is 0. The number of nitriles is 1. The molecule has 0 amide bonds. The van der Waals surface area contributed by atoms with E-state index >= 15 is 0 Å². The molecule has 2 heterocycles. The van der Waals surface area contributed by atoms with Crippen LogP contribution < -0.4 is 0 Å². The van der Waals surface area contributed by atoms with Crippen molar-refractivity contribution in [3.05, 3.63) is 77.1 Å². The molecule has 94 valence electrons. The molecular formula is C18H12N2. The first kappa shape index (κ1) is 12.1. The first-order valence-corrected chi connectivity index (χ1v) is 6.38. The van der Waals surface area contributed by atoms with Crippen LogP contribution in [0.25, 0.3) is 5.52 Å². The Morgan fingerprint density at radius 3 is 2.45 bits per heavy atom. The van der Waals surface area contributed by atoms with Crippen LogP contribution in [0.4, 0.5) is 0 Å². The average molecular weight is 256 g/mol. The molecule has 0 radical (unpaired) electrons. The van der Waals surface area contributed by atoms with E-state index in [-0.39, 0.29) is 0 Å². The van der Waals surface area contributed by atoms with Crippen molar-refractivity contribution >= 4 is 5.52 Å². The minimum absolute atomic E-state index is 0.697. The van der Waals surface area contributed by atoms with Gasteiger partial charge < -0.3 is 4.40 Å². The van der Waals surface area contributed by atoms with Crippen LogP contribution >= 0.6 is 0 Å². The van der Waals surface area contributed by atoms with Crippen molar-refractivity contribution in [1.29, 1.82) is 5.26 Å². The van der Waals surface area contributed by atoms with Gasteiger partial charge in [-0.2, -0.15) is 5.26 Å². The Kier molecular flexibility index (Phi) is 2.99. The van der Waals surface area contributed by atoms with Gasteiger partial charge in [0.15, 0.2) is 0 Å². The Morgan fingerprint density at radius 1 is 0.950 bits per heavy atom. The number of pyridine rings is 1. The molecule has 3 rings (SSSR count). The number of benzene rings is 1. The monoisotopic (exact) mass is 256 g/mol. The second kappa shape index (κ2) is 4.96. The van der Waals surface area contributed by atoms with E-state index in [0.29, 0.717) is 5.56 Å². The number of rotatable bonds is 0. The lowest BCUT2D eigenvalue weighted by molar-refractivity contribution is 1.16. The zero-order valence-electron chi connectivity index (χ0n) is 11.1. The quantitative estimate of drug-likeness (QED) is 0.566. The molecule has 0 spiro atoms. The van der Waals surface area contributed by atoms with Crippen LogP contribution in [-0.4, -0.2) is 4.40 Å². The topological polar surface area (TPSA) is 28.2 Å². The van der Waals surface area contributed by atoms with Crippen LogP contribution in [0.15, 0.2) is 54.7 Å². The largest absolute Gasteiger partial charge is 0.308 e. The number of fused-ring (bicyclic) bond motifs is 1. The molecule has 2 aromatic heterocycles. The van der Waals surface area contributed by atoms with E-state index in [4.69, 9.17) is 0 Å². The highest BCUT2D eigenvalue weighted by atomic mass is 14.9. The van der Waals surface area contributed by atoms with Gasteiger partial charge in [-0.3, -0.25) is 0 Å². The highest BCUT2D eigenvalue weighted by Crippen LogP contribution is 2.21. The molecule has 0 unspecified atom stereocenters. The first-order valence-electron chi connectivity index (χ1n) is 6.38. The molecule has 0 aliphatic carbocycles. The van der Waals surface area contributed by atoms with E-state index in [1.165, 1.54) is 0 Å². The van der Waals surface area contributed by atoms with Crippen molar-refractivity contribution in [2.75, 3.05) is 0 Å². The summed E-state index contributed by atoms with van der Waals surface area (Å²) in [6.07, 6.45) is 1.94. The summed E-state index contributed by atoms with van der Waals surface area (Å²) in [6, 6.07) is 17.9. The molecule has 0 N–H and O–H groups in total. The maximum absolute atomic E-state index is 9.30. The van der Waals surface area contributed by atoms with Gasteiger partial charge >= 0.3 is 0 Å². The third-order valence-corrected chi connectivity index (χ3v) is 3.30. The number of aromatic nitrogens is 1. The first-order chi connectivity index (χ1) is 9.81. The van der Waals surface area contributed by atoms with Gasteiger partial charge in [-0.15, -0.1) is 0 Å². The lowest BCUT2D eigenvalue weighted by Crippen LogP contribution is -1.87. The number of hydrogen-bond acceptors (Lipinski definition) is 1. The summed E-state index contributed by atoms with van der Waals surface area (Å²) in [6.45, 7) is 1.94. The van der Waals surface area contributed by atoms with Crippen LogP contribution in [0.5, 0.6) is 0 Å². The zero-order chi connectivity index (χ0) is 13.9. The Balaban J connectivity index is 2.21. The highest BCUT2D eigenvalue weighted by Gasteiger charge is 2.12. The van der Waals surface area contributed by atoms with Crippen molar-refractivity contribution < 1.29 is 0 Å². The van der Waals surface area contributed by atoms with E-state index in [1.807, 2.05) is 66.1 Å². The van der Waals surface area contributed by atoms with Crippen molar-refractivity contribution in [3.8, 4) is 17.9 Å². The molecule has 0 atom stereocenters. The van der Waals surface area contributed by atoms with E-state index < -0.39 is 0 Å². The van der Waals surface area contributed by atoms with Crippen molar-refractivity contribution in [2.45, 2.75) is 6.92 Å².